The van der Waals surface area contributed by atoms with Crippen molar-refractivity contribution in [2.24, 2.45) is 0 Å². The van der Waals surface area contributed by atoms with E-state index in [-0.39, 0.29) is 23.9 Å². The third-order valence-electron chi connectivity index (χ3n) is 5.45. The summed E-state index contributed by atoms with van der Waals surface area (Å²) in [5.41, 5.74) is 1.49. The average molecular weight is 384 g/mol. The molecule has 2 heterocycles. The number of anilines is 1. The van der Waals surface area contributed by atoms with Gasteiger partial charge in [-0.15, -0.1) is 0 Å². The van der Waals surface area contributed by atoms with Crippen LogP contribution in [0.1, 0.15) is 18.9 Å². The van der Waals surface area contributed by atoms with Gasteiger partial charge in [-0.25, -0.2) is 4.39 Å². The molecule has 2 aromatic carbocycles. The SMILES string of the molecule is CCOc1ccccc1CN1CCC2(C1)CN(c1ccc(F)cc1)C(=O)CO2. The fourth-order valence-electron chi connectivity index (χ4n) is 4.05. The maximum absolute atomic E-state index is 13.2. The molecule has 2 aromatic rings. The molecule has 2 aliphatic rings. The molecule has 2 aliphatic heterocycles. The Morgan fingerprint density at radius 3 is 2.71 bits per heavy atom. The number of amides is 1. The number of halogens is 1. The van der Waals surface area contributed by atoms with Gasteiger partial charge in [0.1, 0.15) is 23.8 Å². The summed E-state index contributed by atoms with van der Waals surface area (Å²) in [6.07, 6.45) is 0.856. The van der Waals surface area contributed by atoms with E-state index in [9.17, 15) is 9.18 Å². The van der Waals surface area contributed by atoms with Crippen molar-refractivity contribution < 1.29 is 18.7 Å². The monoisotopic (exact) mass is 384 g/mol. The Morgan fingerprint density at radius 1 is 1.14 bits per heavy atom. The van der Waals surface area contributed by atoms with Gasteiger partial charge in [0, 0.05) is 30.9 Å². The van der Waals surface area contributed by atoms with Gasteiger partial charge in [0.05, 0.1) is 13.2 Å². The molecule has 0 bridgehead atoms. The van der Waals surface area contributed by atoms with E-state index in [0.717, 1.165) is 37.4 Å². The normalized spacial score (nSPS) is 22.8. The quantitative estimate of drug-likeness (QED) is 0.794. The predicted molar refractivity (Wildman–Crippen MR) is 105 cm³/mol. The number of rotatable bonds is 5. The number of hydrogen-bond donors (Lipinski definition) is 0. The molecular weight excluding hydrogens is 359 g/mol. The maximum atomic E-state index is 13.2. The summed E-state index contributed by atoms with van der Waals surface area (Å²) < 4.78 is 25.0. The Bertz CT molecular complexity index is 842. The summed E-state index contributed by atoms with van der Waals surface area (Å²) in [4.78, 5) is 16.5. The largest absolute Gasteiger partial charge is 0.494 e. The minimum Gasteiger partial charge on any atom is -0.494 e. The molecule has 6 heteroatoms. The number of likely N-dealkylation sites (tertiary alicyclic amines) is 1. The minimum atomic E-state index is -0.386. The highest BCUT2D eigenvalue weighted by Gasteiger charge is 2.45. The highest BCUT2D eigenvalue weighted by Crippen LogP contribution is 2.33. The number of carbonyl (C=O) groups excluding carboxylic acids is 1. The summed E-state index contributed by atoms with van der Waals surface area (Å²) in [7, 11) is 0. The molecule has 1 spiro atoms. The topological polar surface area (TPSA) is 42.0 Å². The van der Waals surface area contributed by atoms with Crippen LogP contribution in [0.5, 0.6) is 5.75 Å². The van der Waals surface area contributed by atoms with Gasteiger partial charge in [0.2, 0.25) is 0 Å². The Balaban J connectivity index is 1.46. The molecule has 5 nitrogen and oxygen atoms in total. The van der Waals surface area contributed by atoms with Crippen molar-refractivity contribution in [3.63, 3.8) is 0 Å². The van der Waals surface area contributed by atoms with Crippen LogP contribution in [0.3, 0.4) is 0 Å². The molecular formula is C22H25FN2O3. The third-order valence-corrected chi connectivity index (χ3v) is 5.45. The minimum absolute atomic E-state index is 0.0563. The van der Waals surface area contributed by atoms with Gasteiger partial charge in [-0.1, -0.05) is 18.2 Å². The standard InChI is InChI=1S/C22H25FN2O3/c1-2-27-20-6-4-3-5-17(20)13-24-12-11-22(15-24)16-25(21(26)14-28-22)19-9-7-18(23)8-10-19/h3-10H,2,11-16H2,1H3. The van der Waals surface area contributed by atoms with Gasteiger partial charge >= 0.3 is 0 Å². The van der Waals surface area contributed by atoms with Gasteiger partial charge in [0.25, 0.3) is 5.91 Å². The smallest absolute Gasteiger partial charge is 0.253 e. The van der Waals surface area contributed by atoms with Crippen LogP contribution >= 0.6 is 0 Å². The van der Waals surface area contributed by atoms with Crippen LogP contribution in [0.4, 0.5) is 10.1 Å². The molecule has 0 radical (unpaired) electrons. The lowest BCUT2D eigenvalue weighted by Crippen LogP contribution is -2.56. The van der Waals surface area contributed by atoms with E-state index >= 15 is 0 Å². The van der Waals surface area contributed by atoms with Gasteiger partial charge < -0.3 is 14.4 Å². The van der Waals surface area contributed by atoms with Crippen molar-refractivity contribution >= 4 is 11.6 Å². The molecule has 0 N–H and O–H groups in total. The second kappa shape index (κ2) is 7.89. The second-order valence-electron chi connectivity index (χ2n) is 7.43. The zero-order chi connectivity index (χ0) is 19.6. The van der Waals surface area contributed by atoms with Crippen LogP contribution < -0.4 is 9.64 Å². The molecule has 1 unspecified atom stereocenters. The zero-order valence-electron chi connectivity index (χ0n) is 16.1. The lowest BCUT2D eigenvalue weighted by Gasteiger charge is -2.40. The van der Waals surface area contributed by atoms with E-state index < -0.39 is 0 Å². The van der Waals surface area contributed by atoms with Crippen molar-refractivity contribution in [1.82, 2.24) is 4.90 Å². The van der Waals surface area contributed by atoms with E-state index in [1.54, 1.807) is 17.0 Å². The molecule has 0 saturated carbocycles. The second-order valence-corrected chi connectivity index (χ2v) is 7.43. The number of morpholine rings is 1. The van der Waals surface area contributed by atoms with E-state index in [0.29, 0.717) is 18.8 Å². The van der Waals surface area contributed by atoms with E-state index in [1.807, 2.05) is 25.1 Å². The van der Waals surface area contributed by atoms with Gasteiger partial charge in [-0.3, -0.25) is 9.69 Å². The molecule has 0 aliphatic carbocycles. The van der Waals surface area contributed by atoms with Crippen molar-refractivity contribution in [2.45, 2.75) is 25.5 Å². The Hall–Kier alpha value is -2.44. The molecule has 148 valence electrons. The molecule has 1 atom stereocenters. The lowest BCUT2D eigenvalue weighted by atomic mass is 10.00. The number of para-hydroxylation sites is 1. The van der Waals surface area contributed by atoms with Crippen LogP contribution in [0.2, 0.25) is 0 Å². The molecule has 2 saturated heterocycles. The number of hydrogen-bond acceptors (Lipinski definition) is 4. The Morgan fingerprint density at radius 2 is 1.93 bits per heavy atom. The van der Waals surface area contributed by atoms with Gasteiger partial charge in [0.15, 0.2) is 0 Å². The van der Waals surface area contributed by atoms with E-state index in [2.05, 4.69) is 11.0 Å². The van der Waals surface area contributed by atoms with Crippen molar-refractivity contribution in [3.8, 4) is 5.75 Å². The van der Waals surface area contributed by atoms with Crippen LogP contribution in [-0.4, -0.2) is 49.3 Å². The first-order valence-corrected chi connectivity index (χ1v) is 9.71. The Labute approximate surface area is 164 Å². The lowest BCUT2D eigenvalue weighted by molar-refractivity contribution is -0.137. The third kappa shape index (κ3) is 3.88. The van der Waals surface area contributed by atoms with E-state index in [4.69, 9.17) is 9.47 Å². The summed E-state index contributed by atoms with van der Waals surface area (Å²) in [6.45, 7) is 5.59. The van der Waals surface area contributed by atoms with Crippen molar-refractivity contribution in [2.75, 3.05) is 37.7 Å². The summed E-state index contributed by atoms with van der Waals surface area (Å²) >= 11 is 0. The molecule has 0 aromatic heterocycles. The molecule has 4 rings (SSSR count). The van der Waals surface area contributed by atoms with Crippen molar-refractivity contribution in [3.05, 3.63) is 59.9 Å². The van der Waals surface area contributed by atoms with Crippen molar-refractivity contribution in [1.29, 1.82) is 0 Å². The van der Waals surface area contributed by atoms with E-state index in [1.165, 1.54) is 12.1 Å². The fraction of sp³-hybridized carbons (Fsp3) is 0.409. The summed E-state index contributed by atoms with van der Waals surface area (Å²) in [5.74, 6) is 0.523. The predicted octanol–water partition coefficient (Wildman–Crippen LogP) is 3.23. The van der Waals surface area contributed by atoms with Crippen LogP contribution in [-0.2, 0) is 16.1 Å². The Kier molecular flexibility index (Phi) is 5.33. The van der Waals surface area contributed by atoms with Crippen LogP contribution in [0.25, 0.3) is 0 Å². The average Bonchev–Trinajstić information content (AvgIpc) is 3.09. The zero-order valence-corrected chi connectivity index (χ0v) is 16.1. The first-order chi connectivity index (χ1) is 13.6. The number of nitrogens with zero attached hydrogens (tertiary/aromatic N) is 2. The number of ether oxygens (including phenoxy) is 2. The highest BCUT2D eigenvalue weighted by molar-refractivity contribution is 5.95. The first kappa shape index (κ1) is 18.9. The molecule has 28 heavy (non-hydrogen) atoms. The van der Waals surface area contributed by atoms with Gasteiger partial charge in [-0.05, 0) is 43.7 Å². The summed E-state index contributed by atoms with van der Waals surface area (Å²) in [5, 5.41) is 0. The first-order valence-electron chi connectivity index (χ1n) is 9.71. The maximum Gasteiger partial charge on any atom is 0.253 e. The van der Waals surface area contributed by atoms with Crippen LogP contribution in [0.15, 0.2) is 48.5 Å². The summed E-state index contributed by atoms with van der Waals surface area (Å²) in [6, 6.07) is 14.2. The molecule has 2 fully saturated rings. The fourth-order valence-corrected chi connectivity index (χ4v) is 4.05. The number of benzene rings is 2. The number of carbonyl (C=O) groups is 1. The highest BCUT2D eigenvalue weighted by atomic mass is 19.1. The van der Waals surface area contributed by atoms with Crippen LogP contribution in [0, 0.1) is 5.82 Å². The van der Waals surface area contributed by atoms with Gasteiger partial charge in [-0.2, -0.15) is 0 Å². The molecule has 1 amide bonds.